The molecule has 6 heteroatoms. The number of hydrogen-bond acceptors (Lipinski definition) is 3. The Morgan fingerprint density at radius 1 is 1.33 bits per heavy atom. The van der Waals surface area contributed by atoms with Crippen molar-refractivity contribution < 1.29 is 19.8 Å². The van der Waals surface area contributed by atoms with Gasteiger partial charge >= 0.3 is 12.0 Å². The molecule has 2 amide bonds. The van der Waals surface area contributed by atoms with Crippen molar-refractivity contribution in [3.05, 3.63) is 0 Å². The van der Waals surface area contributed by atoms with Gasteiger partial charge in [0.25, 0.3) is 0 Å². The van der Waals surface area contributed by atoms with Gasteiger partial charge in [-0.05, 0) is 31.1 Å². The SMILES string of the molecule is CN(CCO)C(=O)NC1C2CCC(C2)C1C(=O)O. The van der Waals surface area contributed by atoms with Crippen LogP contribution in [0.3, 0.4) is 0 Å². The molecule has 2 rings (SSSR count). The summed E-state index contributed by atoms with van der Waals surface area (Å²) in [5.74, 6) is -0.754. The van der Waals surface area contributed by atoms with Gasteiger partial charge in [-0.3, -0.25) is 4.79 Å². The Hall–Kier alpha value is -1.30. The molecule has 0 aliphatic heterocycles. The number of nitrogens with one attached hydrogen (secondary N) is 1. The molecule has 0 radical (unpaired) electrons. The third kappa shape index (κ3) is 2.29. The van der Waals surface area contributed by atoms with Crippen molar-refractivity contribution in [2.45, 2.75) is 25.3 Å². The lowest BCUT2D eigenvalue weighted by Crippen LogP contribution is -2.51. The van der Waals surface area contributed by atoms with E-state index < -0.39 is 11.9 Å². The van der Waals surface area contributed by atoms with Gasteiger partial charge in [-0.2, -0.15) is 0 Å². The van der Waals surface area contributed by atoms with Crippen molar-refractivity contribution in [3.63, 3.8) is 0 Å². The van der Waals surface area contributed by atoms with Crippen molar-refractivity contribution in [1.29, 1.82) is 0 Å². The second-order valence-corrected chi connectivity index (χ2v) is 5.32. The predicted octanol–water partition coefficient (Wildman–Crippen LogP) is 0.119. The molecule has 2 saturated carbocycles. The van der Waals surface area contributed by atoms with Gasteiger partial charge in [0, 0.05) is 19.6 Å². The van der Waals surface area contributed by atoms with E-state index >= 15 is 0 Å². The number of amides is 2. The van der Waals surface area contributed by atoms with Crippen LogP contribution in [0.2, 0.25) is 0 Å². The van der Waals surface area contributed by atoms with E-state index in [2.05, 4.69) is 5.32 Å². The minimum absolute atomic E-state index is 0.0942. The second-order valence-electron chi connectivity index (χ2n) is 5.32. The minimum Gasteiger partial charge on any atom is -0.481 e. The van der Waals surface area contributed by atoms with Crippen LogP contribution in [0, 0.1) is 17.8 Å². The molecule has 2 aliphatic rings. The third-order valence-corrected chi connectivity index (χ3v) is 4.27. The molecule has 3 N–H and O–H groups in total. The van der Waals surface area contributed by atoms with Crippen LogP contribution in [-0.4, -0.2) is 53.4 Å². The molecule has 4 atom stereocenters. The van der Waals surface area contributed by atoms with Crippen LogP contribution >= 0.6 is 0 Å². The highest BCUT2D eigenvalue weighted by Gasteiger charge is 2.51. The molecule has 0 aromatic heterocycles. The maximum absolute atomic E-state index is 11.8. The Bertz CT molecular complexity index is 347. The van der Waals surface area contributed by atoms with Crippen LogP contribution in [0.15, 0.2) is 0 Å². The topological polar surface area (TPSA) is 89.9 Å². The molecule has 6 nitrogen and oxygen atoms in total. The number of carboxylic acid groups (broad SMARTS) is 1. The van der Waals surface area contributed by atoms with Crippen LogP contribution in [0.5, 0.6) is 0 Å². The summed E-state index contributed by atoms with van der Waals surface area (Å²) in [6.07, 6.45) is 2.87. The molecule has 2 bridgehead atoms. The first-order valence-corrected chi connectivity index (χ1v) is 6.40. The number of aliphatic hydroxyl groups excluding tert-OH is 1. The zero-order valence-electron chi connectivity index (χ0n) is 10.5. The van der Waals surface area contributed by atoms with Gasteiger partial charge in [0.05, 0.1) is 12.5 Å². The fourth-order valence-corrected chi connectivity index (χ4v) is 3.36. The summed E-state index contributed by atoms with van der Waals surface area (Å²) in [6.45, 7) is 0.160. The Balaban J connectivity index is 1.99. The summed E-state index contributed by atoms with van der Waals surface area (Å²) in [5, 5.41) is 20.9. The van der Waals surface area contributed by atoms with Crippen molar-refractivity contribution in [3.8, 4) is 0 Å². The lowest BCUT2D eigenvalue weighted by molar-refractivity contribution is -0.144. The molecule has 4 unspecified atom stereocenters. The number of hydrogen-bond donors (Lipinski definition) is 3. The van der Waals surface area contributed by atoms with Gasteiger partial charge in [0.1, 0.15) is 0 Å². The summed E-state index contributed by atoms with van der Waals surface area (Å²) in [5.41, 5.74) is 0. The molecule has 0 aromatic carbocycles. The van der Waals surface area contributed by atoms with E-state index in [0.29, 0.717) is 5.92 Å². The van der Waals surface area contributed by atoms with Crippen molar-refractivity contribution >= 4 is 12.0 Å². The Kier molecular flexibility index (Phi) is 3.75. The summed E-state index contributed by atoms with van der Waals surface area (Å²) in [4.78, 5) is 24.5. The number of fused-ring (bicyclic) bond motifs is 2. The number of urea groups is 1. The average molecular weight is 256 g/mol. The highest BCUT2D eigenvalue weighted by Crippen LogP contribution is 2.48. The fraction of sp³-hybridized carbons (Fsp3) is 0.833. The molecule has 0 spiro atoms. The van der Waals surface area contributed by atoms with E-state index in [0.717, 1.165) is 19.3 Å². The standard InChI is InChI=1S/C12H20N2O4/c1-14(4-5-15)12(18)13-10-8-3-2-7(6-8)9(10)11(16)17/h7-10,15H,2-6H2,1H3,(H,13,18)(H,16,17). The summed E-state index contributed by atoms with van der Waals surface area (Å²) in [7, 11) is 1.59. The minimum atomic E-state index is -0.808. The van der Waals surface area contributed by atoms with Crippen LogP contribution in [-0.2, 0) is 4.79 Å². The van der Waals surface area contributed by atoms with Crippen LogP contribution < -0.4 is 5.32 Å². The molecule has 0 heterocycles. The normalized spacial score (nSPS) is 33.4. The third-order valence-electron chi connectivity index (χ3n) is 4.27. The molecule has 102 valence electrons. The van der Waals surface area contributed by atoms with Gasteiger partial charge in [0.2, 0.25) is 0 Å². The van der Waals surface area contributed by atoms with E-state index in [1.54, 1.807) is 7.05 Å². The van der Waals surface area contributed by atoms with Crippen LogP contribution in [0.1, 0.15) is 19.3 Å². The number of aliphatic carboxylic acids is 1. The number of carbonyl (C=O) groups is 2. The van der Waals surface area contributed by atoms with Crippen molar-refractivity contribution in [2.75, 3.05) is 20.2 Å². The van der Waals surface area contributed by atoms with Gasteiger partial charge < -0.3 is 20.4 Å². The highest BCUT2D eigenvalue weighted by molar-refractivity contribution is 5.77. The van der Waals surface area contributed by atoms with Gasteiger partial charge in [-0.15, -0.1) is 0 Å². The number of likely N-dealkylation sites (N-methyl/N-ethyl adjacent to an activating group) is 1. The van der Waals surface area contributed by atoms with E-state index in [1.165, 1.54) is 4.90 Å². The largest absolute Gasteiger partial charge is 0.481 e. The average Bonchev–Trinajstić information content (AvgIpc) is 2.89. The number of aliphatic hydroxyl groups is 1. The van der Waals surface area contributed by atoms with Crippen molar-refractivity contribution in [1.82, 2.24) is 10.2 Å². The van der Waals surface area contributed by atoms with E-state index in [4.69, 9.17) is 5.11 Å². The fourth-order valence-electron chi connectivity index (χ4n) is 3.36. The lowest BCUT2D eigenvalue weighted by Gasteiger charge is -2.30. The summed E-state index contributed by atoms with van der Waals surface area (Å²) < 4.78 is 0. The van der Waals surface area contributed by atoms with Crippen LogP contribution in [0.25, 0.3) is 0 Å². The molecule has 2 fully saturated rings. The summed E-state index contributed by atoms with van der Waals surface area (Å²) in [6, 6.07) is -0.553. The number of carboxylic acids is 1. The van der Waals surface area contributed by atoms with Crippen molar-refractivity contribution in [2.24, 2.45) is 17.8 Å². The monoisotopic (exact) mass is 256 g/mol. The second kappa shape index (κ2) is 5.14. The molecule has 2 aliphatic carbocycles. The molecule has 18 heavy (non-hydrogen) atoms. The quantitative estimate of drug-likeness (QED) is 0.666. The maximum Gasteiger partial charge on any atom is 0.317 e. The van der Waals surface area contributed by atoms with E-state index in [9.17, 15) is 14.7 Å². The van der Waals surface area contributed by atoms with E-state index in [-0.39, 0.29) is 31.1 Å². The number of carbonyl (C=O) groups excluding carboxylic acids is 1. The number of rotatable bonds is 4. The predicted molar refractivity (Wildman–Crippen MR) is 64.0 cm³/mol. The molecule has 0 aromatic rings. The lowest BCUT2D eigenvalue weighted by atomic mass is 9.84. The summed E-state index contributed by atoms with van der Waals surface area (Å²) >= 11 is 0. The zero-order valence-corrected chi connectivity index (χ0v) is 10.5. The zero-order chi connectivity index (χ0) is 13.3. The number of nitrogens with zero attached hydrogens (tertiary/aromatic N) is 1. The van der Waals surface area contributed by atoms with Gasteiger partial charge in [-0.1, -0.05) is 0 Å². The Labute approximate surface area is 106 Å². The Morgan fingerprint density at radius 3 is 2.61 bits per heavy atom. The van der Waals surface area contributed by atoms with E-state index in [1.807, 2.05) is 0 Å². The molecular formula is C12H20N2O4. The first-order chi connectivity index (χ1) is 8.54. The molecule has 0 saturated heterocycles. The van der Waals surface area contributed by atoms with Gasteiger partial charge in [-0.25, -0.2) is 4.79 Å². The van der Waals surface area contributed by atoms with Gasteiger partial charge in [0.15, 0.2) is 0 Å². The Morgan fingerprint density at radius 2 is 2.00 bits per heavy atom. The van der Waals surface area contributed by atoms with Crippen LogP contribution in [0.4, 0.5) is 4.79 Å². The molecular weight excluding hydrogens is 236 g/mol. The highest BCUT2D eigenvalue weighted by atomic mass is 16.4. The maximum atomic E-state index is 11.8. The first kappa shape index (κ1) is 13.1. The smallest absolute Gasteiger partial charge is 0.317 e. The first-order valence-electron chi connectivity index (χ1n) is 6.40.